The summed E-state index contributed by atoms with van der Waals surface area (Å²) in [6.45, 7) is 1.000. The highest BCUT2D eigenvalue weighted by Gasteiger charge is 2.32. The molecule has 4 rings (SSSR count). The maximum Gasteiger partial charge on any atom is 0.416 e. The molecule has 0 aliphatic carbocycles. The fourth-order valence-corrected chi connectivity index (χ4v) is 3.85. The summed E-state index contributed by atoms with van der Waals surface area (Å²) in [5.41, 5.74) is 0.515. The minimum absolute atomic E-state index is 0.0452. The molecule has 164 valence electrons. The topological polar surface area (TPSA) is 69.5 Å². The Hall–Kier alpha value is -3.30. The number of fused-ring (bicyclic) bond motifs is 1. The van der Waals surface area contributed by atoms with Crippen LogP contribution in [0.4, 0.5) is 13.2 Å². The van der Waals surface area contributed by atoms with Crippen molar-refractivity contribution >= 4 is 16.9 Å². The molecule has 1 saturated heterocycles. The Balaban J connectivity index is 1.47. The molecule has 0 unspecified atom stereocenters. The summed E-state index contributed by atoms with van der Waals surface area (Å²) in [4.78, 5) is 14.6. The molecule has 1 amide bonds. The minimum Gasteiger partial charge on any atom is -0.493 e. The Morgan fingerprint density at radius 2 is 1.74 bits per heavy atom. The molecule has 0 bridgehead atoms. The number of ether oxygens (including phenoxy) is 2. The lowest BCUT2D eigenvalue weighted by Gasteiger charge is -2.32. The number of carbonyl (C=O) groups is 1. The Kier molecular flexibility index (Phi) is 5.47. The van der Waals surface area contributed by atoms with Crippen LogP contribution in [0.3, 0.4) is 0 Å². The first kappa shape index (κ1) is 21.0. The predicted octanol–water partition coefficient (Wildman–Crippen LogP) is 3.94. The average Bonchev–Trinajstić information content (AvgIpc) is 3.21. The van der Waals surface area contributed by atoms with Gasteiger partial charge in [-0.15, -0.1) is 5.10 Å². The van der Waals surface area contributed by atoms with Gasteiger partial charge in [0.05, 0.1) is 31.3 Å². The number of piperidine rings is 1. The average molecular weight is 434 g/mol. The number of alkyl halides is 3. The molecule has 0 radical (unpaired) electrons. The summed E-state index contributed by atoms with van der Waals surface area (Å²) >= 11 is 0. The molecule has 1 aliphatic rings. The summed E-state index contributed by atoms with van der Waals surface area (Å²) in [5.74, 6) is 0.915. The van der Waals surface area contributed by atoms with Crippen LogP contribution in [0.1, 0.15) is 34.8 Å². The van der Waals surface area contributed by atoms with Gasteiger partial charge in [-0.2, -0.15) is 13.2 Å². The summed E-state index contributed by atoms with van der Waals surface area (Å²) in [5, 5.41) is 7.99. The number of hydrogen-bond acceptors (Lipinski definition) is 5. The Bertz CT molecular complexity index is 1100. The van der Waals surface area contributed by atoms with Gasteiger partial charge < -0.3 is 14.4 Å². The van der Waals surface area contributed by atoms with E-state index < -0.39 is 11.7 Å². The summed E-state index contributed by atoms with van der Waals surface area (Å²) in [7, 11) is 3.04. The van der Waals surface area contributed by atoms with Gasteiger partial charge in [-0.05, 0) is 49.2 Å². The van der Waals surface area contributed by atoms with E-state index in [1.165, 1.54) is 20.3 Å². The number of likely N-dealkylation sites (tertiary alicyclic amines) is 1. The summed E-state index contributed by atoms with van der Waals surface area (Å²) < 4.78 is 50.9. The van der Waals surface area contributed by atoms with Crippen molar-refractivity contribution in [3.63, 3.8) is 0 Å². The fourth-order valence-electron chi connectivity index (χ4n) is 3.85. The van der Waals surface area contributed by atoms with Crippen LogP contribution >= 0.6 is 0 Å². The lowest BCUT2D eigenvalue weighted by Crippen LogP contribution is -2.39. The molecule has 1 aromatic heterocycles. The van der Waals surface area contributed by atoms with Gasteiger partial charge in [0.2, 0.25) is 0 Å². The van der Waals surface area contributed by atoms with E-state index in [2.05, 4.69) is 10.3 Å². The molecule has 0 spiro atoms. The van der Waals surface area contributed by atoms with Gasteiger partial charge in [0.1, 0.15) is 5.52 Å². The van der Waals surface area contributed by atoms with Crippen LogP contribution in [0.5, 0.6) is 11.5 Å². The van der Waals surface area contributed by atoms with Crippen LogP contribution in [0.25, 0.3) is 11.0 Å². The third-order valence-corrected chi connectivity index (χ3v) is 5.53. The van der Waals surface area contributed by atoms with E-state index in [1.807, 2.05) is 0 Å². The van der Waals surface area contributed by atoms with Crippen molar-refractivity contribution in [1.29, 1.82) is 0 Å². The number of halogens is 3. The van der Waals surface area contributed by atoms with E-state index in [-0.39, 0.29) is 17.5 Å². The van der Waals surface area contributed by atoms with Crippen molar-refractivity contribution in [1.82, 2.24) is 19.9 Å². The normalized spacial score (nSPS) is 15.3. The number of methoxy groups -OCH3 is 2. The largest absolute Gasteiger partial charge is 0.493 e. The Labute approximate surface area is 176 Å². The highest BCUT2D eigenvalue weighted by atomic mass is 19.4. The van der Waals surface area contributed by atoms with Crippen LogP contribution < -0.4 is 9.47 Å². The summed E-state index contributed by atoms with van der Waals surface area (Å²) in [6, 6.07) is 8.44. The molecule has 0 saturated carbocycles. The zero-order valence-corrected chi connectivity index (χ0v) is 17.0. The van der Waals surface area contributed by atoms with E-state index in [0.29, 0.717) is 48.5 Å². The van der Waals surface area contributed by atoms with Crippen molar-refractivity contribution < 1.29 is 27.4 Å². The van der Waals surface area contributed by atoms with Gasteiger partial charge in [-0.25, -0.2) is 4.68 Å². The van der Waals surface area contributed by atoms with Gasteiger partial charge in [0.15, 0.2) is 11.5 Å². The first-order valence-corrected chi connectivity index (χ1v) is 9.75. The molecule has 1 fully saturated rings. The number of nitrogens with zero attached hydrogens (tertiary/aromatic N) is 4. The molecular weight excluding hydrogens is 413 g/mol. The van der Waals surface area contributed by atoms with Crippen molar-refractivity contribution in [3.8, 4) is 11.5 Å². The molecule has 10 heteroatoms. The second-order valence-electron chi connectivity index (χ2n) is 7.33. The molecule has 2 aromatic carbocycles. The zero-order chi connectivity index (χ0) is 22.2. The molecule has 0 atom stereocenters. The van der Waals surface area contributed by atoms with Gasteiger partial charge in [0.25, 0.3) is 5.91 Å². The maximum absolute atomic E-state index is 12.9. The lowest BCUT2D eigenvalue weighted by atomic mass is 10.0. The molecular formula is C21H21F3N4O3. The highest BCUT2D eigenvalue weighted by Crippen LogP contribution is 2.33. The quantitative estimate of drug-likeness (QED) is 0.622. The predicted molar refractivity (Wildman–Crippen MR) is 106 cm³/mol. The smallest absolute Gasteiger partial charge is 0.416 e. The van der Waals surface area contributed by atoms with Gasteiger partial charge in [0, 0.05) is 18.7 Å². The van der Waals surface area contributed by atoms with E-state index >= 15 is 0 Å². The Morgan fingerprint density at radius 3 is 2.39 bits per heavy atom. The first-order chi connectivity index (χ1) is 14.8. The molecule has 31 heavy (non-hydrogen) atoms. The SMILES string of the molecule is COc1ccc(C(=O)N2CCC(n3nnc4cc(C(F)(F)F)ccc43)CC2)cc1OC. The second kappa shape index (κ2) is 8.09. The lowest BCUT2D eigenvalue weighted by molar-refractivity contribution is -0.137. The molecule has 3 aromatic rings. The monoisotopic (exact) mass is 434 g/mol. The first-order valence-electron chi connectivity index (χ1n) is 9.75. The van der Waals surface area contributed by atoms with Gasteiger partial charge in [-0.3, -0.25) is 4.79 Å². The molecule has 1 aliphatic heterocycles. The van der Waals surface area contributed by atoms with E-state index in [0.717, 1.165) is 12.1 Å². The van der Waals surface area contributed by atoms with Crippen LogP contribution in [-0.4, -0.2) is 53.1 Å². The van der Waals surface area contributed by atoms with Crippen LogP contribution in [0, 0.1) is 0 Å². The molecule has 7 nitrogen and oxygen atoms in total. The third kappa shape index (κ3) is 4.01. The van der Waals surface area contributed by atoms with Gasteiger partial charge >= 0.3 is 6.18 Å². The summed E-state index contributed by atoms with van der Waals surface area (Å²) in [6.07, 6.45) is -3.18. The molecule has 0 N–H and O–H groups in total. The Morgan fingerprint density at radius 1 is 1.03 bits per heavy atom. The van der Waals surface area contributed by atoms with Gasteiger partial charge in [-0.1, -0.05) is 5.21 Å². The number of benzene rings is 2. The van der Waals surface area contributed by atoms with E-state index in [1.54, 1.807) is 27.8 Å². The molecule has 2 heterocycles. The number of carbonyl (C=O) groups excluding carboxylic acids is 1. The van der Waals surface area contributed by atoms with Crippen molar-refractivity contribution in [3.05, 3.63) is 47.5 Å². The highest BCUT2D eigenvalue weighted by molar-refractivity contribution is 5.95. The van der Waals surface area contributed by atoms with Crippen LogP contribution in [0.15, 0.2) is 36.4 Å². The third-order valence-electron chi connectivity index (χ3n) is 5.53. The maximum atomic E-state index is 12.9. The van der Waals surface area contributed by atoms with E-state index in [4.69, 9.17) is 9.47 Å². The zero-order valence-electron chi connectivity index (χ0n) is 17.0. The van der Waals surface area contributed by atoms with Crippen molar-refractivity contribution in [2.45, 2.75) is 25.1 Å². The number of amides is 1. The fraction of sp³-hybridized carbons (Fsp3) is 0.381. The number of aromatic nitrogens is 3. The van der Waals surface area contributed by atoms with Crippen molar-refractivity contribution in [2.75, 3.05) is 27.3 Å². The number of hydrogen-bond donors (Lipinski definition) is 0. The number of rotatable bonds is 4. The van der Waals surface area contributed by atoms with Crippen molar-refractivity contribution in [2.24, 2.45) is 0 Å². The standard InChI is InChI=1S/C21H21F3N4O3/c1-30-18-6-3-13(11-19(18)31-2)20(29)27-9-7-15(8-10-27)28-17-5-4-14(21(22,23)24)12-16(17)25-26-28/h3-6,11-12,15H,7-10H2,1-2H3. The minimum atomic E-state index is -4.42. The van der Waals surface area contributed by atoms with E-state index in [9.17, 15) is 18.0 Å². The van der Waals surface area contributed by atoms with Crippen LogP contribution in [-0.2, 0) is 6.18 Å². The van der Waals surface area contributed by atoms with Crippen LogP contribution in [0.2, 0.25) is 0 Å². The second-order valence-corrected chi connectivity index (χ2v) is 7.33.